The van der Waals surface area contributed by atoms with Gasteiger partial charge in [0.2, 0.25) is 0 Å². The van der Waals surface area contributed by atoms with E-state index in [1.807, 2.05) is 0 Å². The Kier molecular flexibility index (Phi) is 3.32. The van der Waals surface area contributed by atoms with Crippen LogP contribution in [0.3, 0.4) is 0 Å². The fraction of sp³-hybridized carbons (Fsp3) is 1.00. The van der Waals surface area contributed by atoms with Gasteiger partial charge >= 0.3 is 7.60 Å². The molecule has 0 fully saturated rings. The first kappa shape index (κ1) is 9.07. The third-order valence-electron chi connectivity index (χ3n) is 0.679. The number of aliphatic hydroxyl groups is 2. The predicted molar refractivity (Wildman–Crippen MR) is 29.8 cm³/mol. The van der Waals surface area contributed by atoms with Gasteiger partial charge in [0.1, 0.15) is 0 Å². The molecule has 0 saturated heterocycles. The fourth-order valence-electron chi connectivity index (χ4n) is 0.284. The van der Waals surface area contributed by atoms with E-state index in [-0.39, 0.29) is 6.42 Å². The molecule has 56 valence electrons. The molecule has 0 bridgehead atoms. The zero-order valence-electron chi connectivity index (χ0n) is 4.64. The summed E-state index contributed by atoms with van der Waals surface area (Å²) < 4.78 is 10.0. The summed E-state index contributed by atoms with van der Waals surface area (Å²) in [5.74, 6) is 0. The lowest BCUT2D eigenvalue weighted by atomic mass is 10.5. The van der Waals surface area contributed by atoms with E-state index in [2.05, 4.69) is 0 Å². The summed E-state index contributed by atoms with van der Waals surface area (Å²) in [4.78, 5) is 16.3. The van der Waals surface area contributed by atoms with Gasteiger partial charge in [-0.3, -0.25) is 4.57 Å². The highest BCUT2D eigenvalue weighted by atomic mass is 31.2. The minimum absolute atomic E-state index is 0.287. The Bertz CT molecular complexity index is 115. The molecule has 6 heteroatoms. The van der Waals surface area contributed by atoms with Gasteiger partial charge in [-0.25, -0.2) is 0 Å². The number of hydrogen-bond acceptors (Lipinski definition) is 3. The van der Waals surface area contributed by atoms with Crippen LogP contribution in [0, 0.1) is 0 Å². The molecule has 0 rings (SSSR count). The lowest BCUT2D eigenvalue weighted by Gasteiger charge is -2.03. The van der Waals surface area contributed by atoms with E-state index in [4.69, 9.17) is 20.0 Å². The fourth-order valence-corrected chi connectivity index (χ4v) is 0.851. The Morgan fingerprint density at radius 2 is 1.78 bits per heavy atom. The van der Waals surface area contributed by atoms with Crippen molar-refractivity contribution in [2.45, 2.75) is 12.7 Å². The number of rotatable bonds is 3. The second-order valence-electron chi connectivity index (χ2n) is 1.66. The van der Waals surface area contributed by atoms with Crippen LogP contribution < -0.4 is 0 Å². The van der Waals surface area contributed by atoms with Crippen LogP contribution in [-0.2, 0) is 4.57 Å². The van der Waals surface area contributed by atoms with Crippen molar-refractivity contribution in [1.82, 2.24) is 0 Å². The summed E-state index contributed by atoms with van der Waals surface area (Å²) in [7, 11) is -4.04. The van der Waals surface area contributed by atoms with Crippen LogP contribution in [0.2, 0.25) is 0 Å². The van der Waals surface area contributed by atoms with Gasteiger partial charge in [-0.1, -0.05) is 0 Å². The summed E-state index contributed by atoms with van der Waals surface area (Å²) in [5.41, 5.74) is 0. The van der Waals surface area contributed by atoms with Gasteiger partial charge in [0.15, 0.2) is 6.29 Å². The van der Waals surface area contributed by atoms with Gasteiger partial charge < -0.3 is 20.0 Å². The van der Waals surface area contributed by atoms with E-state index in [0.717, 1.165) is 0 Å². The van der Waals surface area contributed by atoms with Crippen LogP contribution in [0.1, 0.15) is 6.42 Å². The molecule has 0 aromatic rings. The largest absolute Gasteiger partial charge is 0.368 e. The standard InChI is InChI=1S/C3H9O5P/c4-3(5)1-2-9(6,7)8/h3-5H,1-2H2,(H2,6,7,8). The van der Waals surface area contributed by atoms with Crippen LogP contribution in [-0.4, -0.2) is 32.5 Å². The molecule has 0 spiro atoms. The van der Waals surface area contributed by atoms with Crippen LogP contribution in [0.4, 0.5) is 0 Å². The van der Waals surface area contributed by atoms with Crippen molar-refractivity contribution in [3.05, 3.63) is 0 Å². The predicted octanol–water partition coefficient (Wildman–Crippen LogP) is -1.14. The van der Waals surface area contributed by atoms with E-state index >= 15 is 0 Å². The quantitative estimate of drug-likeness (QED) is 0.306. The van der Waals surface area contributed by atoms with E-state index < -0.39 is 20.0 Å². The molecule has 0 atom stereocenters. The van der Waals surface area contributed by atoms with Gasteiger partial charge in [0.25, 0.3) is 0 Å². The van der Waals surface area contributed by atoms with Crippen LogP contribution in [0.25, 0.3) is 0 Å². The molecular formula is C3H9O5P. The minimum atomic E-state index is -4.04. The normalized spacial score (nSPS) is 12.6. The Hall–Kier alpha value is 0.0700. The molecular weight excluding hydrogens is 147 g/mol. The van der Waals surface area contributed by atoms with Crippen molar-refractivity contribution in [1.29, 1.82) is 0 Å². The first-order valence-electron chi connectivity index (χ1n) is 2.32. The zero-order chi connectivity index (χ0) is 7.49. The summed E-state index contributed by atoms with van der Waals surface area (Å²) in [6.07, 6.45) is -2.40. The highest BCUT2D eigenvalue weighted by Gasteiger charge is 2.13. The molecule has 0 aliphatic heterocycles. The first-order chi connectivity index (χ1) is 3.92. The summed E-state index contributed by atoms with van der Waals surface area (Å²) in [5, 5.41) is 16.3. The topological polar surface area (TPSA) is 98.0 Å². The lowest BCUT2D eigenvalue weighted by molar-refractivity contribution is -0.0414. The van der Waals surface area contributed by atoms with Crippen LogP contribution >= 0.6 is 7.60 Å². The summed E-state index contributed by atoms with van der Waals surface area (Å²) in [6.45, 7) is 0. The molecule has 0 saturated carbocycles. The third-order valence-corrected chi connectivity index (χ3v) is 1.52. The molecule has 9 heavy (non-hydrogen) atoms. The Morgan fingerprint density at radius 1 is 1.33 bits per heavy atom. The SMILES string of the molecule is O=P(O)(O)CCC(O)O. The van der Waals surface area contributed by atoms with E-state index in [1.54, 1.807) is 0 Å². The van der Waals surface area contributed by atoms with Crippen LogP contribution in [0.15, 0.2) is 0 Å². The molecule has 0 heterocycles. The van der Waals surface area contributed by atoms with Gasteiger partial charge in [-0.05, 0) is 0 Å². The lowest BCUT2D eigenvalue weighted by Crippen LogP contribution is -2.06. The molecule has 0 amide bonds. The minimum Gasteiger partial charge on any atom is -0.368 e. The third kappa shape index (κ3) is 8.07. The Labute approximate surface area is 52.1 Å². The summed E-state index contributed by atoms with van der Waals surface area (Å²) >= 11 is 0. The molecule has 0 unspecified atom stereocenters. The van der Waals surface area contributed by atoms with Gasteiger partial charge in [0.05, 0.1) is 6.16 Å². The van der Waals surface area contributed by atoms with Crippen molar-refractivity contribution in [3.63, 3.8) is 0 Å². The molecule has 0 aliphatic rings. The maximum absolute atomic E-state index is 10.0. The first-order valence-corrected chi connectivity index (χ1v) is 4.12. The molecule has 0 aromatic carbocycles. The number of hydrogen-bond donors (Lipinski definition) is 4. The highest BCUT2D eigenvalue weighted by Crippen LogP contribution is 2.34. The molecule has 4 N–H and O–H groups in total. The van der Waals surface area contributed by atoms with Gasteiger partial charge in [-0.15, -0.1) is 0 Å². The van der Waals surface area contributed by atoms with Crippen molar-refractivity contribution >= 4 is 7.60 Å². The van der Waals surface area contributed by atoms with Crippen molar-refractivity contribution < 1.29 is 24.6 Å². The van der Waals surface area contributed by atoms with Gasteiger partial charge in [-0.2, -0.15) is 0 Å². The molecule has 0 aromatic heterocycles. The van der Waals surface area contributed by atoms with Crippen molar-refractivity contribution in [2.24, 2.45) is 0 Å². The van der Waals surface area contributed by atoms with Crippen LogP contribution in [0.5, 0.6) is 0 Å². The molecule has 5 nitrogen and oxygen atoms in total. The van der Waals surface area contributed by atoms with Crippen molar-refractivity contribution in [3.8, 4) is 0 Å². The maximum atomic E-state index is 10.0. The zero-order valence-corrected chi connectivity index (χ0v) is 5.53. The Morgan fingerprint density at radius 3 is 1.89 bits per heavy atom. The van der Waals surface area contributed by atoms with Gasteiger partial charge in [0, 0.05) is 6.42 Å². The smallest absolute Gasteiger partial charge is 0.325 e. The van der Waals surface area contributed by atoms with Crippen molar-refractivity contribution in [2.75, 3.05) is 6.16 Å². The second-order valence-corrected chi connectivity index (χ2v) is 3.43. The average Bonchev–Trinajstić information content (AvgIpc) is 1.59. The van der Waals surface area contributed by atoms with E-state index in [0.29, 0.717) is 0 Å². The number of aliphatic hydroxyl groups excluding tert-OH is 1. The molecule has 0 aliphatic carbocycles. The monoisotopic (exact) mass is 156 g/mol. The summed E-state index contributed by atoms with van der Waals surface area (Å²) in [6, 6.07) is 0. The average molecular weight is 156 g/mol. The highest BCUT2D eigenvalue weighted by molar-refractivity contribution is 7.51. The Balaban J connectivity index is 3.40. The molecule has 0 radical (unpaired) electrons. The maximum Gasteiger partial charge on any atom is 0.325 e. The second kappa shape index (κ2) is 3.29. The van der Waals surface area contributed by atoms with E-state index in [9.17, 15) is 4.57 Å². The van der Waals surface area contributed by atoms with E-state index in [1.165, 1.54) is 0 Å².